The van der Waals surface area contributed by atoms with Gasteiger partial charge in [-0.05, 0) is 18.6 Å². The van der Waals surface area contributed by atoms with Crippen LogP contribution in [0.2, 0.25) is 4.34 Å². The van der Waals surface area contributed by atoms with Crippen molar-refractivity contribution in [2.24, 2.45) is 5.92 Å². The predicted octanol–water partition coefficient (Wildman–Crippen LogP) is 3.95. The second kappa shape index (κ2) is 5.52. The molecule has 78 valence electrons. The molecular formula is C11H15ClOS. The van der Waals surface area contributed by atoms with E-state index >= 15 is 0 Å². The Morgan fingerprint density at radius 3 is 2.79 bits per heavy atom. The lowest BCUT2D eigenvalue weighted by Gasteiger charge is -2.07. The number of carbonyl (C=O) groups is 1. The number of thiophene rings is 1. The van der Waals surface area contributed by atoms with Crippen LogP contribution in [-0.2, 0) is 11.2 Å². The molecule has 3 heteroatoms. The number of rotatable bonds is 5. The minimum absolute atomic E-state index is 0.181. The van der Waals surface area contributed by atoms with Gasteiger partial charge in [0, 0.05) is 17.2 Å². The van der Waals surface area contributed by atoms with Crippen molar-refractivity contribution in [1.82, 2.24) is 0 Å². The standard InChI is InChI=1S/C11H15ClOS/c1-3-4-8(2)10(13)7-9-5-6-11(12)14-9/h5-6,8H,3-4,7H2,1-2H3. The molecular weight excluding hydrogens is 216 g/mol. The van der Waals surface area contributed by atoms with Gasteiger partial charge in [0.05, 0.1) is 4.34 Å². The van der Waals surface area contributed by atoms with Gasteiger partial charge in [-0.25, -0.2) is 0 Å². The maximum absolute atomic E-state index is 11.7. The first-order chi connectivity index (χ1) is 6.63. The van der Waals surface area contributed by atoms with E-state index in [0.29, 0.717) is 12.2 Å². The van der Waals surface area contributed by atoms with E-state index in [2.05, 4.69) is 6.92 Å². The van der Waals surface area contributed by atoms with E-state index in [1.807, 2.05) is 19.1 Å². The summed E-state index contributed by atoms with van der Waals surface area (Å²) in [5.41, 5.74) is 0. The number of carbonyl (C=O) groups excluding carboxylic acids is 1. The number of halogens is 1. The summed E-state index contributed by atoms with van der Waals surface area (Å²) < 4.78 is 0.760. The molecule has 0 saturated heterocycles. The first-order valence-corrected chi connectivity index (χ1v) is 6.09. The van der Waals surface area contributed by atoms with Crippen molar-refractivity contribution in [2.45, 2.75) is 33.1 Å². The summed E-state index contributed by atoms with van der Waals surface area (Å²) in [4.78, 5) is 12.7. The van der Waals surface area contributed by atoms with Crippen molar-refractivity contribution in [2.75, 3.05) is 0 Å². The van der Waals surface area contributed by atoms with Gasteiger partial charge >= 0.3 is 0 Å². The highest BCUT2D eigenvalue weighted by atomic mass is 35.5. The largest absolute Gasteiger partial charge is 0.299 e. The molecule has 1 unspecified atom stereocenters. The van der Waals surface area contributed by atoms with Crippen LogP contribution in [0.5, 0.6) is 0 Å². The normalized spacial score (nSPS) is 12.8. The molecule has 1 heterocycles. The SMILES string of the molecule is CCCC(C)C(=O)Cc1ccc(Cl)s1. The molecule has 0 aromatic carbocycles. The maximum atomic E-state index is 11.7. The summed E-state index contributed by atoms with van der Waals surface area (Å²) in [6, 6.07) is 3.78. The molecule has 0 radical (unpaired) electrons. The quantitative estimate of drug-likeness (QED) is 0.749. The fourth-order valence-electron chi connectivity index (χ4n) is 1.39. The predicted molar refractivity (Wildman–Crippen MR) is 62.1 cm³/mol. The Balaban J connectivity index is 2.48. The van der Waals surface area contributed by atoms with E-state index < -0.39 is 0 Å². The summed E-state index contributed by atoms with van der Waals surface area (Å²) in [5.74, 6) is 0.506. The Morgan fingerprint density at radius 2 is 2.29 bits per heavy atom. The molecule has 1 aromatic heterocycles. The van der Waals surface area contributed by atoms with Crippen LogP contribution in [0.3, 0.4) is 0 Å². The highest BCUT2D eigenvalue weighted by Crippen LogP contribution is 2.23. The third-order valence-corrected chi connectivity index (χ3v) is 3.48. The van der Waals surface area contributed by atoms with E-state index in [4.69, 9.17) is 11.6 Å². The summed E-state index contributed by atoms with van der Waals surface area (Å²) in [7, 11) is 0. The minimum atomic E-state index is 0.181. The summed E-state index contributed by atoms with van der Waals surface area (Å²) in [6.07, 6.45) is 2.59. The van der Waals surface area contributed by atoms with Gasteiger partial charge in [-0.15, -0.1) is 11.3 Å². The summed E-state index contributed by atoms with van der Waals surface area (Å²) in [6.45, 7) is 4.10. The van der Waals surface area contributed by atoms with E-state index in [9.17, 15) is 4.79 Å². The van der Waals surface area contributed by atoms with Crippen molar-refractivity contribution >= 4 is 28.7 Å². The number of ketones is 1. The minimum Gasteiger partial charge on any atom is -0.299 e. The highest BCUT2D eigenvalue weighted by molar-refractivity contribution is 7.16. The number of hydrogen-bond acceptors (Lipinski definition) is 2. The molecule has 0 aliphatic rings. The number of Topliss-reactive ketones (excluding diaryl/α,β-unsaturated/α-hetero) is 1. The zero-order chi connectivity index (χ0) is 10.6. The van der Waals surface area contributed by atoms with E-state index in [1.54, 1.807) is 0 Å². The molecule has 1 atom stereocenters. The van der Waals surface area contributed by atoms with Gasteiger partial charge < -0.3 is 0 Å². The van der Waals surface area contributed by atoms with Gasteiger partial charge in [0.2, 0.25) is 0 Å². The van der Waals surface area contributed by atoms with Gasteiger partial charge in [0.25, 0.3) is 0 Å². The molecule has 0 spiro atoms. The average molecular weight is 231 g/mol. The zero-order valence-corrected chi connectivity index (χ0v) is 10.1. The van der Waals surface area contributed by atoms with E-state index in [1.165, 1.54) is 11.3 Å². The molecule has 0 bridgehead atoms. The molecule has 0 amide bonds. The molecule has 1 rings (SSSR count). The summed E-state index contributed by atoms with van der Waals surface area (Å²) >= 11 is 7.29. The second-order valence-corrected chi connectivity index (χ2v) is 5.34. The van der Waals surface area contributed by atoms with E-state index in [-0.39, 0.29) is 5.92 Å². The summed E-state index contributed by atoms with van der Waals surface area (Å²) in [5, 5.41) is 0. The van der Waals surface area contributed by atoms with Crippen LogP contribution in [-0.4, -0.2) is 5.78 Å². The van der Waals surface area contributed by atoms with Crippen molar-refractivity contribution in [3.05, 3.63) is 21.3 Å². The molecule has 14 heavy (non-hydrogen) atoms. The first kappa shape index (κ1) is 11.7. The fourth-order valence-corrected chi connectivity index (χ4v) is 2.48. The van der Waals surface area contributed by atoms with Crippen molar-refractivity contribution in [3.8, 4) is 0 Å². The lowest BCUT2D eigenvalue weighted by Crippen LogP contribution is -2.12. The Morgan fingerprint density at radius 1 is 1.57 bits per heavy atom. The van der Waals surface area contributed by atoms with Gasteiger partial charge in [-0.1, -0.05) is 31.9 Å². The molecule has 0 fully saturated rings. The monoisotopic (exact) mass is 230 g/mol. The van der Waals surface area contributed by atoms with Crippen LogP contribution >= 0.6 is 22.9 Å². The average Bonchev–Trinajstić information content (AvgIpc) is 2.51. The van der Waals surface area contributed by atoms with Crippen LogP contribution in [0.25, 0.3) is 0 Å². The lowest BCUT2D eigenvalue weighted by atomic mass is 9.98. The van der Waals surface area contributed by atoms with Gasteiger partial charge in [-0.2, -0.15) is 0 Å². The lowest BCUT2D eigenvalue weighted by molar-refractivity contribution is -0.121. The van der Waals surface area contributed by atoms with Gasteiger partial charge in [-0.3, -0.25) is 4.79 Å². The van der Waals surface area contributed by atoms with E-state index in [0.717, 1.165) is 22.1 Å². The van der Waals surface area contributed by atoms with Crippen molar-refractivity contribution in [1.29, 1.82) is 0 Å². The van der Waals surface area contributed by atoms with Crippen molar-refractivity contribution in [3.63, 3.8) is 0 Å². The van der Waals surface area contributed by atoms with Gasteiger partial charge in [0.1, 0.15) is 5.78 Å². The molecule has 0 saturated carbocycles. The Labute approximate surface area is 94.1 Å². The maximum Gasteiger partial charge on any atom is 0.140 e. The molecule has 0 aliphatic carbocycles. The fraction of sp³-hybridized carbons (Fsp3) is 0.545. The van der Waals surface area contributed by atoms with Crippen LogP contribution < -0.4 is 0 Å². The third kappa shape index (κ3) is 3.43. The molecule has 1 aromatic rings. The molecule has 1 nitrogen and oxygen atoms in total. The van der Waals surface area contributed by atoms with Crippen LogP contribution in [0.1, 0.15) is 31.6 Å². The first-order valence-electron chi connectivity index (χ1n) is 4.90. The Hall–Kier alpha value is -0.340. The Kier molecular flexibility index (Phi) is 4.63. The van der Waals surface area contributed by atoms with Crippen molar-refractivity contribution < 1.29 is 4.79 Å². The third-order valence-electron chi connectivity index (χ3n) is 2.25. The highest BCUT2D eigenvalue weighted by Gasteiger charge is 2.13. The molecule has 0 N–H and O–H groups in total. The smallest absolute Gasteiger partial charge is 0.140 e. The zero-order valence-electron chi connectivity index (χ0n) is 8.55. The molecule has 0 aliphatic heterocycles. The number of hydrogen-bond donors (Lipinski definition) is 0. The van der Waals surface area contributed by atoms with Gasteiger partial charge in [0.15, 0.2) is 0 Å². The van der Waals surface area contributed by atoms with Crippen LogP contribution in [0.4, 0.5) is 0 Å². The Bertz CT molecular complexity index is 306. The van der Waals surface area contributed by atoms with Crippen LogP contribution in [0, 0.1) is 5.92 Å². The second-order valence-electron chi connectivity index (χ2n) is 3.54. The van der Waals surface area contributed by atoms with Crippen LogP contribution in [0.15, 0.2) is 12.1 Å². The topological polar surface area (TPSA) is 17.1 Å².